The third kappa shape index (κ3) is 4.69. The fourth-order valence-corrected chi connectivity index (χ4v) is 4.32. The van der Waals surface area contributed by atoms with E-state index in [1.54, 1.807) is 0 Å². The number of carbonyl (C=O) groups is 2. The minimum Gasteiger partial charge on any atom is -0.448 e. The molecule has 1 aliphatic heterocycles. The molecule has 1 atom stereocenters. The van der Waals surface area contributed by atoms with E-state index in [1.165, 1.54) is 47.9 Å². The molecule has 1 amide bonds. The number of esters is 1. The zero-order chi connectivity index (χ0) is 21.0. The highest BCUT2D eigenvalue weighted by Gasteiger charge is 2.27. The van der Waals surface area contributed by atoms with Crippen molar-refractivity contribution in [2.75, 3.05) is 24.1 Å². The van der Waals surface area contributed by atoms with Gasteiger partial charge in [0.25, 0.3) is 5.91 Å². The van der Waals surface area contributed by atoms with Crippen LogP contribution in [0.3, 0.4) is 0 Å². The van der Waals surface area contributed by atoms with Crippen molar-refractivity contribution in [1.82, 2.24) is 14.3 Å². The smallest absolute Gasteiger partial charge is 0.361 e. The number of aromatic nitrogens is 2. The van der Waals surface area contributed by atoms with Gasteiger partial charge in [-0.15, -0.1) is 0 Å². The average molecular weight is 419 g/mol. The van der Waals surface area contributed by atoms with Gasteiger partial charge in [0.15, 0.2) is 17.6 Å². The number of carbonyl (C=O) groups excluding carboxylic acids is 2. The van der Waals surface area contributed by atoms with Gasteiger partial charge in [0.2, 0.25) is 10.0 Å². The standard InChI is InChI=1S/C18H21N5O5S/c1-12(28-18(25)15-16(19)21-9-8-20-15)17(24)22-13-4-6-14(7-5-13)29(26,27)23-10-2-3-11-23/h4-9,12H,2-3,10-11H2,1H3,(H2,19,21)(H,22,24)/t12-/m1/s1. The van der Waals surface area contributed by atoms with Gasteiger partial charge in [-0.25, -0.2) is 23.2 Å². The molecule has 0 saturated carbocycles. The summed E-state index contributed by atoms with van der Waals surface area (Å²) in [5.41, 5.74) is 5.76. The lowest BCUT2D eigenvalue weighted by atomic mass is 10.3. The van der Waals surface area contributed by atoms with Crippen LogP contribution in [0.25, 0.3) is 0 Å². The molecule has 10 nitrogen and oxygen atoms in total. The topological polar surface area (TPSA) is 145 Å². The van der Waals surface area contributed by atoms with Crippen molar-refractivity contribution < 1.29 is 22.7 Å². The monoisotopic (exact) mass is 419 g/mol. The number of nitrogens with one attached hydrogen (secondary N) is 1. The summed E-state index contributed by atoms with van der Waals surface area (Å²) >= 11 is 0. The highest BCUT2D eigenvalue weighted by molar-refractivity contribution is 7.89. The van der Waals surface area contributed by atoms with Gasteiger partial charge < -0.3 is 15.8 Å². The molecule has 3 N–H and O–H groups in total. The Hall–Kier alpha value is -3.05. The number of benzene rings is 1. The SMILES string of the molecule is C[C@@H](OC(=O)c1nccnc1N)C(=O)Nc1ccc(S(=O)(=O)N2CCCC2)cc1. The van der Waals surface area contributed by atoms with Crippen molar-refractivity contribution in [3.63, 3.8) is 0 Å². The highest BCUT2D eigenvalue weighted by atomic mass is 32.2. The Morgan fingerprint density at radius 1 is 1.14 bits per heavy atom. The van der Waals surface area contributed by atoms with E-state index < -0.39 is 28.0 Å². The summed E-state index contributed by atoms with van der Waals surface area (Å²) in [4.78, 5) is 32.0. The first-order valence-corrected chi connectivity index (χ1v) is 10.4. The summed E-state index contributed by atoms with van der Waals surface area (Å²) in [5, 5.41) is 2.57. The first kappa shape index (κ1) is 20.7. The molecule has 1 aliphatic rings. The molecule has 0 bridgehead atoms. The van der Waals surface area contributed by atoms with Crippen LogP contribution < -0.4 is 11.1 Å². The van der Waals surface area contributed by atoms with Gasteiger partial charge in [0, 0.05) is 31.2 Å². The zero-order valence-corrected chi connectivity index (χ0v) is 16.6. The maximum atomic E-state index is 12.5. The Morgan fingerprint density at radius 3 is 2.38 bits per heavy atom. The van der Waals surface area contributed by atoms with E-state index in [4.69, 9.17) is 10.5 Å². The predicted molar refractivity (Wildman–Crippen MR) is 104 cm³/mol. The van der Waals surface area contributed by atoms with Gasteiger partial charge >= 0.3 is 5.97 Å². The molecule has 2 heterocycles. The van der Waals surface area contributed by atoms with Gasteiger partial charge in [0.1, 0.15) is 0 Å². The molecule has 1 aromatic heterocycles. The maximum absolute atomic E-state index is 12.5. The van der Waals surface area contributed by atoms with Crippen molar-refractivity contribution in [2.45, 2.75) is 30.8 Å². The summed E-state index contributed by atoms with van der Waals surface area (Å²) in [7, 11) is -3.52. The number of nitrogen functional groups attached to an aromatic ring is 1. The fourth-order valence-electron chi connectivity index (χ4n) is 2.81. The summed E-state index contributed by atoms with van der Waals surface area (Å²) in [6, 6.07) is 5.83. The van der Waals surface area contributed by atoms with E-state index in [0.717, 1.165) is 12.8 Å². The largest absolute Gasteiger partial charge is 0.448 e. The van der Waals surface area contributed by atoms with Crippen LogP contribution >= 0.6 is 0 Å². The Morgan fingerprint density at radius 2 is 1.76 bits per heavy atom. The molecule has 154 valence electrons. The molecule has 2 aromatic rings. The molecule has 0 aliphatic carbocycles. The molecule has 0 spiro atoms. The number of ether oxygens (including phenoxy) is 1. The van der Waals surface area contributed by atoms with Crippen LogP contribution in [0.1, 0.15) is 30.3 Å². The number of hydrogen-bond donors (Lipinski definition) is 2. The molecule has 3 rings (SSSR count). The number of hydrogen-bond acceptors (Lipinski definition) is 8. The van der Waals surface area contributed by atoms with Gasteiger partial charge in [-0.05, 0) is 44.0 Å². The van der Waals surface area contributed by atoms with Crippen molar-refractivity contribution in [2.24, 2.45) is 0 Å². The van der Waals surface area contributed by atoms with E-state index in [0.29, 0.717) is 18.8 Å². The first-order chi connectivity index (χ1) is 13.8. The molecule has 1 saturated heterocycles. The lowest BCUT2D eigenvalue weighted by Crippen LogP contribution is -2.30. The van der Waals surface area contributed by atoms with E-state index in [1.807, 2.05) is 0 Å². The van der Waals surface area contributed by atoms with E-state index in [-0.39, 0.29) is 16.4 Å². The van der Waals surface area contributed by atoms with Crippen LogP contribution in [-0.4, -0.2) is 53.8 Å². The van der Waals surface area contributed by atoms with Crippen LogP contribution in [0.15, 0.2) is 41.6 Å². The van der Waals surface area contributed by atoms with Crippen LogP contribution in [0.2, 0.25) is 0 Å². The molecular formula is C18H21N5O5S. The lowest BCUT2D eigenvalue weighted by molar-refractivity contribution is -0.123. The Labute approximate surface area is 168 Å². The van der Waals surface area contributed by atoms with E-state index in [2.05, 4.69) is 15.3 Å². The summed E-state index contributed by atoms with van der Waals surface area (Å²) in [6.07, 6.45) is 3.19. The van der Waals surface area contributed by atoms with Crippen LogP contribution in [0.4, 0.5) is 11.5 Å². The highest BCUT2D eigenvalue weighted by Crippen LogP contribution is 2.22. The van der Waals surface area contributed by atoms with Crippen molar-refractivity contribution in [3.05, 3.63) is 42.4 Å². The first-order valence-electron chi connectivity index (χ1n) is 8.97. The summed E-state index contributed by atoms with van der Waals surface area (Å²) < 4.78 is 31.5. The molecule has 0 radical (unpaired) electrons. The van der Waals surface area contributed by atoms with Crippen molar-refractivity contribution in [3.8, 4) is 0 Å². The number of rotatable bonds is 6. The second-order valence-corrected chi connectivity index (χ2v) is 8.40. The van der Waals surface area contributed by atoms with Crippen molar-refractivity contribution in [1.29, 1.82) is 0 Å². The molecule has 0 unspecified atom stereocenters. The third-order valence-corrected chi connectivity index (χ3v) is 6.31. The Bertz CT molecular complexity index is 1000. The molecule has 1 aromatic carbocycles. The van der Waals surface area contributed by atoms with Crippen molar-refractivity contribution >= 4 is 33.4 Å². The molecular weight excluding hydrogens is 398 g/mol. The molecule has 11 heteroatoms. The molecule has 1 fully saturated rings. The number of anilines is 2. The van der Waals surface area contributed by atoms with Crippen LogP contribution in [-0.2, 0) is 19.6 Å². The third-order valence-electron chi connectivity index (χ3n) is 4.40. The Kier molecular flexibility index (Phi) is 6.09. The lowest BCUT2D eigenvalue weighted by Gasteiger charge is -2.16. The average Bonchev–Trinajstić information content (AvgIpc) is 3.24. The quantitative estimate of drug-likeness (QED) is 0.661. The minimum absolute atomic E-state index is 0.0973. The normalized spacial score (nSPS) is 15.6. The van der Waals surface area contributed by atoms with Gasteiger partial charge in [-0.1, -0.05) is 0 Å². The second-order valence-electron chi connectivity index (χ2n) is 6.46. The minimum atomic E-state index is -3.52. The Balaban J connectivity index is 1.61. The number of nitrogens with zero attached hydrogens (tertiary/aromatic N) is 3. The zero-order valence-electron chi connectivity index (χ0n) is 15.7. The molecule has 29 heavy (non-hydrogen) atoms. The number of nitrogens with two attached hydrogens (primary N) is 1. The fraction of sp³-hybridized carbons (Fsp3) is 0.333. The summed E-state index contributed by atoms with van der Waals surface area (Å²) in [5.74, 6) is -1.55. The van der Waals surface area contributed by atoms with Gasteiger partial charge in [-0.3, -0.25) is 4.79 Å². The summed E-state index contributed by atoms with van der Waals surface area (Å²) in [6.45, 7) is 2.42. The van der Waals surface area contributed by atoms with Gasteiger partial charge in [-0.2, -0.15) is 4.31 Å². The van der Waals surface area contributed by atoms with E-state index >= 15 is 0 Å². The van der Waals surface area contributed by atoms with Crippen LogP contribution in [0.5, 0.6) is 0 Å². The van der Waals surface area contributed by atoms with E-state index in [9.17, 15) is 18.0 Å². The maximum Gasteiger partial charge on any atom is 0.361 e. The predicted octanol–water partition coefficient (Wildman–Crippen LogP) is 1.03. The number of amides is 1. The second kappa shape index (κ2) is 8.53. The van der Waals surface area contributed by atoms with Gasteiger partial charge in [0.05, 0.1) is 4.90 Å². The van der Waals surface area contributed by atoms with Crippen LogP contribution in [0, 0.1) is 0 Å². The number of sulfonamides is 1.